The van der Waals surface area contributed by atoms with E-state index >= 15 is 0 Å². The molecule has 5 heteroatoms. The number of carbonyl (C=O) groups excluding carboxylic acids is 1. The van der Waals surface area contributed by atoms with E-state index in [2.05, 4.69) is 22.0 Å². The summed E-state index contributed by atoms with van der Waals surface area (Å²) >= 11 is 0. The van der Waals surface area contributed by atoms with Crippen molar-refractivity contribution in [3.05, 3.63) is 29.8 Å². The van der Waals surface area contributed by atoms with Gasteiger partial charge in [0.25, 0.3) is 0 Å². The molecule has 1 fully saturated rings. The molecule has 2 rings (SSSR count). The lowest BCUT2D eigenvalue weighted by atomic mass is 10.2. The number of hydrogen-bond acceptors (Lipinski definition) is 4. The van der Waals surface area contributed by atoms with Crippen LogP contribution < -0.4 is 10.1 Å². The molecular formula is C17H27N3O2. The SMILES string of the molecule is CCN1CCN([C@@H](C)C(=O)NCc2ccc(OC)cc2)CC1. The highest BCUT2D eigenvalue weighted by Gasteiger charge is 2.24. The quantitative estimate of drug-likeness (QED) is 0.861. The Kier molecular flexibility index (Phi) is 6.21. The summed E-state index contributed by atoms with van der Waals surface area (Å²) in [6.07, 6.45) is 0. The van der Waals surface area contributed by atoms with E-state index in [1.54, 1.807) is 7.11 Å². The number of piperazine rings is 1. The van der Waals surface area contributed by atoms with Crippen molar-refractivity contribution in [1.29, 1.82) is 0 Å². The Bertz CT molecular complexity index is 467. The van der Waals surface area contributed by atoms with Crippen LogP contribution in [0.3, 0.4) is 0 Å². The second kappa shape index (κ2) is 8.15. The van der Waals surface area contributed by atoms with E-state index in [1.165, 1.54) is 0 Å². The average Bonchev–Trinajstić information content (AvgIpc) is 2.59. The Labute approximate surface area is 133 Å². The third-order valence-electron chi connectivity index (χ3n) is 4.41. The van der Waals surface area contributed by atoms with E-state index in [0.29, 0.717) is 6.54 Å². The molecule has 1 saturated heterocycles. The number of ether oxygens (including phenoxy) is 1. The van der Waals surface area contributed by atoms with Crippen LogP contribution in [0.15, 0.2) is 24.3 Å². The fourth-order valence-corrected chi connectivity index (χ4v) is 2.71. The van der Waals surface area contributed by atoms with Gasteiger partial charge in [0.05, 0.1) is 13.2 Å². The zero-order chi connectivity index (χ0) is 15.9. The largest absolute Gasteiger partial charge is 0.497 e. The summed E-state index contributed by atoms with van der Waals surface area (Å²) in [5, 5.41) is 3.02. The molecule has 1 aromatic rings. The summed E-state index contributed by atoms with van der Waals surface area (Å²) in [4.78, 5) is 17.0. The lowest BCUT2D eigenvalue weighted by Gasteiger charge is -2.36. The number of nitrogens with zero attached hydrogens (tertiary/aromatic N) is 2. The van der Waals surface area contributed by atoms with Crippen LogP contribution in [-0.4, -0.2) is 61.6 Å². The Morgan fingerprint density at radius 1 is 1.23 bits per heavy atom. The van der Waals surface area contributed by atoms with Gasteiger partial charge < -0.3 is 15.0 Å². The fourth-order valence-electron chi connectivity index (χ4n) is 2.71. The van der Waals surface area contributed by atoms with Crippen LogP contribution in [0.1, 0.15) is 19.4 Å². The van der Waals surface area contributed by atoms with E-state index in [9.17, 15) is 4.79 Å². The molecule has 0 spiro atoms. The van der Waals surface area contributed by atoms with Gasteiger partial charge in [-0.05, 0) is 31.2 Å². The molecule has 0 aromatic heterocycles. The number of methoxy groups -OCH3 is 1. The summed E-state index contributed by atoms with van der Waals surface area (Å²) in [7, 11) is 1.65. The Morgan fingerprint density at radius 3 is 2.41 bits per heavy atom. The van der Waals surface area contributed by atoms with E-state index in [0.717, 1.165) is 44.0 Å². The molecule has 1 heterocycles. The minimum atomic E-state index is -0.0720. The molecule has 1 aliphatic heterocycles. The van der Waals surface area contributed by atoms with Gasteiger partial charge >= 0.3 is 0 Å². The molecule has 1 aromatic carbocycles. The summed E-state index contributed by atoms with van der Waals surface area (Å²) in [5.41, 5.74) is 1.08. The first-order valence-corrected chi connectivity index (χ1v) is 8.01. The van der Waals surface area contributed by atoms with Gasteiger partial charge in [-0.25, -0.2) is 0 Å². The maximum Gasteiger partial charge on any atom is 0.237 e. The van der Waals surface area contributed by atoms with Crippen molar-refractivity contribution in [1.82, 2.24) is 15.1 Å². The number of hydrogen-bond donors (Lipinski definition) is 1. The van der Waals surface area contributed by atoms with E-state index in [1.807, 2.05) is 31.2 Å². The standard InChI is InChI=1S/C17H27N3O2/c1-4-19-9-11-20(12-10-19)14(2)17(21)18-13-15-5-7-16(22-3)8-6-15/h5-8,14H,4,9-13H2,1-3H3,(H,18,21)/t14-/m0/s1. The third-order valence-corrected chi connectivity index (χ3v) is 4.41. The van der Waals surface area contributed by atoms with Crippen molar-refractivity contribution >= 4 is 5.91 Å². The highest BCUT2D eigenvalue weighted by Crippen LogP contribution is 2.11. The van der Waals surface area contributed by atoms with Crippen molar-refractivity contribution in [2.45, 2.75) is 26.4 Å². The van der Waals surface area contributed by atoms with Crippen molar-refractivity contribution in [3.8, 4) is 5.75 Å². The lowest BCUT2D eigenvalue weighted by molar-refractivity contribution is -0.126. The van der Waals surface area contributed by atoms with Crippen LogP contribution in [0, 0.1) is 0 Å². The van der Waals surface area contributed by atoms with Gasteiger partial charge in [-0.2, -0.15) is 0 Å². The molecule has 0 aliphatic carbocycles. The van der Waals surface area contributed by atoms with Crippen LogP contribution in [-0.2, 0) is 11.3 Å². The molecule has 22 heavy (non-hydrogen) atoms. The topological polar surface area (TPSA) is 44.8 Å². The highest BCUT2D eigenvalue weighted by molar-refractivity contribution is 5.81. The first-order valence-electron chi connectivity index (χ1n) is 8.01. The fraction of sp³-hybridized carbons (Fsp3) is 0.588. The number of nitrogens with one attached hydrogen (secondary N) is 1. The monoisotopic (exact) mass is 305 g/mol. The predicted octanol–water partition coefficient (Wildman–Crippen LogP) is 1.34. The lowest BCUT2D eigenvalue weighted by Crippen LogP contribution is -2.53. The number of carbonyl (C=O) groups is 1. The Hall–Kier alpha value is -1.59. The first kappa shape index (κ1) is 16.8. The molecule has 0 saturated carbocycles. The van der Waals surface area contributed by atoms with Gasteiger partial charge in [0.15, 0.2) is 0 Å². The molecule has 1 N–H and O–H groups in total. The van der Waals surface area contributed by atoms with Crippen LogP contribution >= 0.6 is 0 Å². The maximum absolute atomic E-state index is 12.3. The molecule has 1 atom stereocenters. The molecule has 0 bridgehead atoms. The van der Waals surface area contributed by atoms with Gasteiger partial charge in [-0.15, -0.1) is 0 Å². The molecule has 0 radical (unpaired) electrons. The second-order valence-corrected chi connectivity index (χ2v) is 5.71. The van der Waals surface area contributed by atoms with Gasteiger partial charge in [-0.3, -0.25) is 9.69 Å². The molecule has 1 aliphatic rings. The van der Waals surface area contributed by atoms with Crippen LogP contribution in [0.2, 0.25) is 0 Å². The highest BCUT2D eigenvalue weighted by atomic mass is 16.5. The van der Waals surface area contributed by atoms with Crippen molar-refractivity contribution < 1.29 is 9.53 Å². The number of likely N-dealkylation sites (N-methyl/N-ethyl adjacent to an activating group) is 1. The van der Waals surface area contributed by atoms with Crippen LogP contribution in [0.4, 0.5) is 0 Å². The molecule has 5 nitrogen and oxygen atoms in total. The maximum atomic E-state index is 12.3. The summed E-state index contributed by atoms with van der Waals surface area (Å²) in [6, 6.07) is 7.70. The Morgan fingerprint density at radius 2 is 1.86 bits per heavy atom. The first-order chi connectivity index (χ1) is 10.6. The Balaban J connectivity index is 1.78. The second-order valence-electron chi connectivity index (χ2n) is 5.71. The van der Waals surface area contributed by atoms with Crippen molar-refractivity contribution in [3.63, 3.8) is 0 Å². The summed E-state index contributed by atoms with van der Waals surface area (Å²) < 4.78 is 5.13. The molecule has 1 amide bonds. The van der Waals surface area contributed by atoms with Crippen LogP contribution in [0.5, 0.6) is 5.75 Å². The summed E-state index contributed by atoms with van der Waals surface area (Å²) in [5.74, 6) is 0.929. The minimum Gasteiger partial charge on any atom is -0.497 e. The molecule has 122 valence electrons. The zero-order valence-electron chi connectivity index (χ0n) is 13.8. The van der Waals surface area contributed by atoms with E-state index < -0.39 is 0 Å². The summed E-state index contributed by atoms with van der Waals surface area (Å²) in [6.45, 7) is 9.84. The smallest absolute Gasteiger partial charge is 0.237 e. The third kappa shape index (κ3) is 4.45. The van der Waals surface area contributed by atoms with Crippen molar-refractivity contribution in [2.24, 2.45) is 0 Å². The van der Waals surface area contributed by atoms with Gasteiger partial charge in [0, 0.05) is 32.7 Å². The molecule has 0 unspecified atom stereocenters. The minimum absolute atomic E-state index is 0.0720. The average molecular weight is 305 g/mol. The number of amides is 1. The molecular weight excluding hydrogens is 278 g/mol. The van der Waals surface area contributed by atoms with Gasteiger partial charge in [-0.1, -0.05) is 19.1 Å². The number of rotatable bonds is 6. The van der Waals surface area contributed by atoms with E-state index in [4.69, 9.17) is 4.74 Å². The van der Waals surface area contributed by atoms with Crippen molar-refractivity contribution in [2.75, 3.05) is 39.8 Å². The van der Waals surface area contributed by atoms with Gasteiger partial charge in [0.1, 0.15) is 5.75 Å². The zero-order valence-corrected chi connectivity index (χ0v) is 13.8. The predicted molar refractivity (Wildman–Crippen MR) is 88.0 cm³/mol. The van der Waals surface area contributed by atoms with E-state index in [-0.39, 0.29) is 11.9 Å². The van der Waals surface area contributed by atoms with Gasteiger partial charge in [0.2, 0.25) is 5.91 Å². The number of benzene rings is 1. The normalized spacial score (nSPS) is 18.0. The van der Waals surface area contributed by atoms with Crippen LogP contribution in [0.25, 0.3) is 0 Å².